The van der Waals surface area contributed by atoms with Gasteiger partial charge < -0.3 is 14.8 Å². The van der Waals surface area contributed by atoms with Crippen LogP contribution in [-0.4, -0.2) is 28.9 Å². The van der Waals surface area contributed by atoms with Crippen molar-refractivity contribution in [3.8, 4) is 11.1 Å². The van der Waals surface area contributed by atoms with E-state index in [0.717, 1.165) is 38.4 Å². The summed E-state index contributed by atoms with van der Waals surface area (Å²) in [4.78, 5) is 18.6. The molecule has 25 heavy (non-hydrogen) atoms. The second-order valence-corrected chi connectivity index (χ2v) is 7.53. The monoisotopic (exact) mass is 352 g/mol. The molecule has 0 amide bonds. The number of hydrogen-bond donors (Lipinski definition) is 2. The predicted octanol–water partition coefficient (Wildman–Crippen LogP) is 3.87. The smallest absolute Gasteiger partial charge is 0.205 e. The number of thiophene rings is 1. The Morgan fingerprint density at radius 3 is 3.08 bits per heavy atom. The van der Waals surface area contributed by atoms with E-state index in [0.29, 0.717) is 24.4 Å². The number of fused-ring (bicyclic) bond motifs is 3. The van der Waals surface area contributed by atoms with Gasteiger partial charge in [0.05, 0.1) is 11.8 Å². The van der Waals surface area contributed by atoms with Crippen molar-refractivity contribution in [3.05, 3.63) is 41.0 Å². The molecule has 2 N–H and O–H groups in total. The molecular formula is C19H16N2O3S. The molecule has 2 aliphatic heterocycles. The third kappa shape index (κ3) is 1.92. The first kappa shape index (κ1) is 14.9. The zero-order chi connectivity index (χ0) is 17.2. The molecule has 2 aliphatic rings. The number of aliphatic imine (C=N–C) groups is 1. The summed E-state index contributed by atoms with van der Waals surface area (Å²) in [5.41, 5.74) is 1.70. The van der Waals surface area contributed by atoms with Crippen LogP contribution in [-0.2, 0) is 6.42 Å². The van der Waals surface area contributed by atoms with Crippen LogP contribution in [0.1, 0.15) is 28.6 Å². The second-order valence-electron chi connectivity index (χ2n) is 6.43. The van der Waals surface area contributed by atoms with Gasteiger partial charge >= 0.3 is 0 Å². The van der Waals surface area contributed by atoms with Crippen molar-refractivity contribution in [3.63, 3.8) is 0 Å². The number of hydrogen-bond acceptors (Lipinski definition) is 6. The number of anilines is 1. The average Bonchev–Trinajstić information content (AvgIpc) is 3.31. The highest BCUT2D eigenvalue weighted by Gasteiger charge is 2.50. The van der Waals surface area contributed by atoms with Gasteiger partial charge in [0.1, 0.15) is 16.4 Å². The van der Waals surface area contributed by atoms with Gasteiger partial charge in [-0.1, -0.05) is 19.1 Å². The molecule has 0 bridgehead atoms. The molecule has 0 saturated carbocycles. The molecule has 4 heterocycles. The number of ketones is 1. The molecule has 5 rings (SSSR count). The molecule has 2 aromatic heterocycles. The van der Waals surface area contributed by atoms with E-state index < -0.39 is 5.60 Å². The van der Waals surface area contributed by atoms with Crippen molar-refractivity contribution in [1.82, 2.24) is 0 Å². The van der Waals surface area contributed by atoms with Gasteiger partial charge in [0.15, 0.2) is 5.60 Å². The first-order chi connectivity index (χ1) is 12.1. The number of carbonyl (C=O) groups excluding carboxylic acids is 1. The zero-order valence-corrected chi connectivity index (χ0v) is 14.4. The minimum atomic E-state index is -1.51. The molecule has 0 saturated heterocycles. The van der Waals surface area contributed by atoms with E-state index in [4.69, 9.17) is 4.42 Å². The maximum Gasteiger partial charge on any atom is 0.205 e. The highest BCUT2D eigenvalue weighted by molar-refractivity contribution is 7.17. The number of aryl methyl sites for hydroxylation is 1. The lowest BCUT2D eigenvalue weighted by atomic mass is 9.84. The first-order valence-corrected chi connectivity index (χ1v) is 9.16. The Hall–Kier alpha value is -2.44. The minimum absolute atomic E-state index is 0.247. The van der Waals surface area contributed by atoms with Crippen LogP contribution >= 0.6 is 11.3 Å². The van der Waals surface area contributed by atoms with E-state index in [1.54, 1.807) is 17.6 Å². The lowest BCUT2D eigenvalue weighted by molar-refractivity contribution is 0.0598. The fourth-order valence-electron chi connectivity index (χ4n) is 3.70. The van der Waals surface area contributed by atoms with Crippen molar-refractivity contribution < 1.29 is 14.3 Å². The molecule has 0 unspecified atom stereocenters. The topological polar surface area (TPSA) is 74.8 Å². The van der Waals surface area contributed by atoms with Gasteiger partial charge in [-0.15, -0.1) is 11.3 Å². The molecule has 3 aromatic rings. The maximum absolute atomic E-state index is 13.2. The molecule has 5 nitrogen and oxygen atoms in total. The highest BCUT2D eigenvalue weighted by atomic mass is 32.1. The molecule has 1 aromatic carbocycles. The third-order valence-electron chi connectivity index (χ3n) is 5.02. The Kier molecular flexibility index (Phi) is 2.99. The fourth-order valence-corrected chi connectivity index (χ4v) is 4.86. The third-order valence-corrected chi connectivity index (χ3v) is 6.27. The molecule has 126 valence electrons. The molecule has 0 radical (unpaired) electrons. The van der Waals surface area contributed by atoms with Crippen LogP contribution in [0.15, 0.2) is 39.9 Å². The van der Waals surface area contributed by atoms with Crippen LogP contribution < -0.4 is 5.32 Å². The number of furan rings is 1. The number of benzene rings is 1. The van der Waals surface area contributed by atoms with Gasteiger partial charge in [-0.2, -0.15) is 0 Å². The number of nitrogens with zero attached hydrogens (tertiary/aromatic N) is 1. The van der Waals surface area contributed by atoms with E-state index in [1.807, 2.05) is 24.3 Å². The SMILES string of the molecule is CCc1sc2c(c1-c1ccc3ccoc3c1)C(=O)[C@]1(O)CCN=C1N2. The Morgan fingerprint density at radius 2 is 2.24 bits per heavy atom. The number of nitrogens with one attached hydrogen (secondary N) is 1. The molecule has 0 spiro atoms. The quantitative estimate of drug-likeness (QED) is 0.734. The molecule has 0 fully saturated rings. The van der Waals surface area contributed by atoms with E-state index in [9.17, 15) is 9.90 Å². The number of Topliss-reactive ketones (excluding diaryl/α,β-unsaturated/α-hetero) is 1. The number of rotatable bonds is 2. The Balaban J connectivity index is 1.76. The molecule has 0 aliphatic carbocycles. The number of carbonyl (C=O) groups is 1. The van der Waals surface area contributed by atoms with Gasteiger partial charge in [0.2, 0.25) is 5.78 Å². The zero-order valence-electron chi connectivity index (χ0n) is 13.6. The molecule has 6 heteroatoms. The van der Waals surface area contributed by atoms with Crippen LogP contribution in [0.25, 0.3) is 22.1 Å². The standard InChI is InChI=1S/C19H16N2O3S/c1-2-13-14(11-4-3-10-5-8-24-12(10)9-11)15-16(22)19(23)6-7-20-18(19)21-17(15)25-13/h3-5,8-9,23H,2,6-7H2,1H3,(H,20,21)/t19-/m1/s1. The Labute approximate surface area is 148 Å². The van der Waals surface area contributed by atoms with E-state index in [1.165, 1.54) is 0 Å². The lowest BCUT2D eigenvalue weighted by Gasteiger charge is -2.29. The van der Waals surface area contributed by atoms with Crippen LogP contribution in [0.3, 0.4) is 0 Å². The summed E-state index contributed by atoms with van der Waals surface area (Å²) in [6.45, 7) is 2.54. The van der Waals surface area contributed by atoms with Crippen LogP contribution in [0.2, 0.25) is 0 Å². The van der Waals surface area contributed by atoms with Crippen molar-refractivity contribution in [2.24, 2.45) is 4.99 Å². The minimum Gasteiger partial charge on any atom is -0.464 e. The highest BCUT2D eigenvalue weighted by Crippen LogP contribution is 2.46. The predicted molar refractivity (Wildman–Crippen MR) is 98.7 cm³/mol. The maximum atomic E-state index is 13.2. The summed E-state index contributed by atoms with van der Waals surface area (Å²) in [5.74, 6) is 0.143. The van der Waals surface area contributed by atoms with Crippen LogP contribution in [0.4, 0.5) is 5.00 Å². The van der Waals surface area contributed by atoms with Gasteiger partial charge in [-0.25, -0.2) is 0 Å². The first-order valence-electron chi connectivity index (χ1n) is 8.34. The van der Waals surface area contributed by atoms with Crippen molar-refractivity contribution in [2.45, 2.75) is 25.4 Å². The van der Waals surface area contributed by atoms with Crippen molar-refractivity contribution >= 4 is 38.9 Å². The van der Waals surface area contributed by atoms with Crippen molar-refractivity contribution in [1.29, 1.82) is 0 Å². The summed E-state index contributed by atoms with van der Waals surface area (Å²) < 4.78 is 5.52. The van der Waals surface area contributed by atoms with Crippen LogP contribution in [0, 0.1) is 0 Å². The summed E-state index contributed by atoms with van der Waals surface area (Å²) in [6, 6.07) is 7.89. The van der Waals surface area contributed by atoms with Crippen LogP contribution in [0.5, 0.6) is 0 Å². The molecular weight excluding hydrogens is 336 g/mol. The summed E-state index contributed by atoms with van der Waals surface area (Å²) >= 11 is 1.56. The summed E-state index contributed by atoms with van der Waals surface area (Å²) in [6.07, 6.45) is 2.81. The van der Waals surface area contributed by atoms with Gasteiger partial charge in [0.25, 0.3) is 0 Å². The normalized spacial score (nSPS) is 21.8. The Bertz CT molecular complexity index is 1060. The van der Waals surface area contributed by atoms with Crippen molar-refractivity contribution in [2.75, 3.05) is 11.9 Å². The Morgan fingerprint density at radius 1 is 1.36 bits per heavy atom. The fraction of sp³-hybridized carbons (Fsp3) is 0.263. The van der Waals surface area contributed by atoms with E-state index in [-0.39, 0.29) is 5.78 Å². The van der Waals surface area contributed by atoms with Gasteiger partial charge in [-0.05, 0) is 24.1 Å². The average molecular weight is 352 g/mol. The second kappa shape index (κ2) is 5.03. The van der Waals surface area contributed by atoms with E-state index in [2.05, 4.69) is 17.2 Å². The largest absolute Gasteiger partial charge is 0.464 e. The summed E-state index contributed by atoms with van der Waals surface area (Å²) in [7, 11) is 0. The lowest BCUT2D eigenvalue weighted by Crippen LogP contribution is -2.50. The molecule has 1 atom stereocenters. The number of amidine groups is 1. The summed E-state index contributed by atoms with van der Waals surface area (Å²) in [5, 5.41) is 15.9. The van der Waals surface area contributed by atoms with E-state index >= 15 is 0 Å². The number of aliphatic hydroxyl groups is 1. The van der Waals surface area contributed by atoms with Gasteiger partial charge in [-0.3, -0.25) is 9.79 Å². The van der Waals surface area contributed by atoms with Gasteiger partial charge in [0, 0.05) is 28.8 Å².